The van der Waals surface area contributed by atoms with Crippen LogP contribution < -0.4 is 5.32 Å². The Morgan fingerprint density at radius 3 is 2.50 bits per heavy atom. The molecule has 0 amide bonds. The Labute approximate surface area is 94.8 Å². The molecule has 4 N–H and O–H groups in total. The second-order valence-corrected chi connectivity index (χ2v) is 4.15. The smallest absolute Gasteiger partial charge is 0.138 e. The van der Waals surface area contributed by atoms with Gasteiger partial charge in [-0.25, -0.2) is 0 Å². The van der Waals surface area contributed by atoms with Crippen molar-refractivity contribution in [3.05, 3.63) is 23.5 Å². The van der Waals surface area contributed by atoms with Gasteiger partial charge in [0.05, 0.1) is 24.4 Å². The van der Waals surface area contributed by atoms with Crippen molar-refractivity contribution in [3.8, 4) is 5.75 Å². The van der Waals surface area contributed by atoms with Gasteiger partial charge in [-0.1, -0.05) is 0 Å². The summed E-state index contributed by atoms with van der Waals surface area (Å²) in [7, 11) is 0. The van der Waals surface area contributed by atoms with Crippen molar-refractivity contribution in [1.82, 2.24) is 10.3 Å². The number of pyridine rings is 1. The van der Waals surface area contributed by atoms with Gasteiger partial charge in [-0.05, 0) is 26.0 Å². The molecule has 90 valence electrons. The lowest BCUT2D eigenvalue weighted by Crippen LogP contribution is -2.48. The molecule has 5 nitrogen and oxygen atoms in total. The lowest BCUT2D eigenvalue weighted by Gasteiger charge is -2.26. The Morgan fingerprint density at radius 2 is 1.94 bits per heavy atom. The predicted octanol–water partition coefficient (Wildman–Crippen LogP) is -0.0715. The fraction of sp³-hybridized carbons (Fsp3) is 0.545. The van der Waals surface area contributed by atoms with Gasteiger partial charge in [-0.3, -0.25) is 4.98 Å². The number of aromatic hydroxyl groups is 1. The third kappa shape index (κ3) is 3.16. The van der Waals surface area contributed by atoms with Crippen LogP contribution >= 0.6 is 0 Å². The number of aliphatic hydroxyl groups excluding tert-OH is 2. The summed E-state index contributed by atoms with van der Waals surface area (Å²) in [4.78, 5) is 4.17. The third-order valence-corrected chi connectivity index (χ3v) is 2.47. The van der Waals surface area contributed by atoms with Crippen molar-refractivity contribution in [2.45, 2.75) is 25.9 Å². The lowest BCUT2D eigenvalue weighted by atomic mass is 10.1. The maximum absolute atomic E-state index is 9.55. The van der Waals surface area contributed by atoms with E-state index >= 15 is 0 Å². The highest BCUT2D eigenvalue weighted by atomic mass is 16.3. The third-order valence-electron chi connectivity index (χ3n) is 2.47. The van der Waals surface area contributed by atoms with Crippen LogP contribution in [0.1, 0.15) is 18.3 Å². The molecule has 1 aromatic heterocycles. The first kappa shape index (κ1) is 12.9. The first-order chi connectivity index (χ1) is 7.50. The molecule has 0 aliphatic carbocycles. The van der Waals surface area contributed by atoms with E-state index in [-0.39, 0.29) is 19.0 Å². The molecule has 16 heavy (non-hydrogen) atoms. The standard InChI is InChI=1S/C11H18N2O3/c1-8-3-4-10(16)9(13-8)5-12-11(2,6-14)7-15/h3-4,12,14-16H,5-7H2,1-2H3. The summed E-state index contributed by atoms with van der Waals surface area (Å²) in [6, 6.07) is 3.30. The maximum atomic E-state index is 9.55. The predicted molar refractivity (Wildman–Crippen MR) is 60.1 cm³/mol. The van der Waals surface area contributed by atoms with Crippen molar-refractivity contribution >= 4 is 0 Å². The van der Waals surface area contributed by atoms with Gasteiger partial charge < -0.3 is 20.6 Å². The first-order valence-electron chi connectivity index (χ1n) is 5.13. The fourth-order valence-electron chi connectivity index (χ4n) is 1.19. The highest BCUT2D eigenvalue weighted by molar-refractivity contribution is 5.27. The number of rotatable bonds is 5. The normalized spacial score (nSPS) is 11.8. The van der Waals surface area contributed by atoms with E-state index in [0.717, 1.165) is 5.69 Å². The van der Waals surface area contributed by atoms with E-state index in [9.17, 15) is 5.11 Å². The Kier molecular flexibility index (Phi) is 4.23. The Hall–Kier alpha value is -1.17. The molecular formula is C11H18N2O3. The second kappa shape index (κ2) is 5.25. The summed E-state index contributed by atoms with van der Waals surface area (Å²) in [5.74, 6) is 0.108. The summed E-state index contributed by atoms with van der Waals surface area (Å²) in [6.45, 7) is 3.46. The van der Waals surface area contributed by atoms with E-state index < -0.39 is 5.54 Å². The van der Waals surface area contributed by atoms with E-state index in [0.29, 0.717) is 12.2 Å². The number of aliphatic hydroxyl groups is 2. The molecule has 0 fully saturated rings. The molecule has 0 saturated carbocycles. The maximum Gasteiger partial charge on any atom is 0.138 e. The summed E-state index contributed by atoms with van der Waals surface area (Å²) < 4.78 is 0. The van der Waals surface area contributed by atoms with E-state index in [1.165, 1.54) is 0 Å². The van der Waals surface area contributed by atoms with Gasteiger partial charge in [0.25, 0.3) is 0 Å². The average molecular weight is 226 g/mol. The zero-order valence-corrected chi connectivity index (χ0v) is 9.56. The largest absolute Gasteiger partial charge is 0.506 e. The summed E-state index contributed by atoms with van der Waals surface area (Å²) >= 11 is 0. The average Bonchev–Trinajstić information content (AvgIpc) is 2.30. The van der Waals surface area contributed by atoms with Crippen LogP contribution in [-0.4, -0.2) is 39.1 Å². The fourth-order valence-corrected chi connectivity index (χ4v) is 1.19. The molecule has 0 atom stereocenters. The summed E-state index contributed by atoms with van der Waals surface area (Å²) in [5.41, 5.74) is 0.551. The minimum absolute atomic E-state index is 0.108. The minimum Gasteiger partial charge on any atom is -0.506 e. The summed E-state index contributed by atoms with van der Waals surface area (Å²) in [6.07, 6.45) is 0. The minimum atomic E-state index is -0.766. The highest BCUT2D eigenvalue weighted by Gasteiger charge is 2.21. The topological polar surface area (TPSA) is 85.6 Å². The van der Waals surface area contributed by atoms with Crippen LogP contribution in [0.3, 0.4) is 0 Å². The highest BCUT2D eigenvalue weighted by Crippen LogP contribution is 2.15. The van der Waals surface area contributed by atoms with Crippen molar-refractivity contribution in [2.24, 2.45) is 0 Å². The molecule has 0 aromatic carbocycles. The van der Waals surface area contributed by atoms with Crippen LogP contribution in [0.4, 0.5) is 0 Å². The van der Waals surface area contributed by atoms with E-state index in [4.69, 9.17) is 10.2 Å². The lowest BCUT2D eigenvalue weighted by molar-refractivity contribution is 0.102. The Bertz CT molecular complexity index is 351. The van der Waals surface area contributed by atoms with Crippen LogP contribution in [0.2, 0.25) is 0 Å². The van der Waals surface area contributed by atoms with Gasteiger partial charge >= 0.3 is 0 Å². The molecule has 0 aliphatic heterocycles. The number of hydrogen-bond acceptors (Lipinski definition) is 5. The molecule has 0 bridgehead atoms. The van der Waals surface area contributed by atoms with E-state index in [1.54, 1.807) is 19.1 Å². The SMILES string of the molecule is Cc1ccc(O)c(CNC(C)(CO)CO)n1. The monoisotopic (exact) mass is 226 g/mol. The van der Waals surface area contributed by atoms with Gasteiger partial charge in [-0.15, -0.1) is 0 Å². The molecule has 0 radical (unpaired) electrons. The van der Waals surface area contributed by atoms with Crippen LogP contribution in [0.25, 0.3) is 0 Å². The van der Waals surface area contributed by atoms with Gasteiger partial charge in [0.2, 0.25) is 0 Å². The number of nitrogens with zero attached hydrogens (tertiary/aromatic N) is 1. The molecule has 1 heterocycles. The Morgan fingerprint density at radius 1 is 1.31 bits per heavy atom. The molecule has 0 saturated heterocycles. The van der Waals surface area contributed by atoms with Crippen LogP contribution in [0.5, 0.6) is 5.75 Å². The molecule has 0 spiro atoms. The Balaban J connectivity index is 2.70. The van der Waals surface area contributed by atoms with Crippen molar-refractivity contribution in [3.63, 3.8) is 0 Å². The molecule has 1 aromatic rings. The van der Waals surface area contributed by atoms with Gasteiger partial charge in [-0.2, -0.15) is 0 Å². The van der Waals surface area contributed by atoms with Crippen molar-refractivity contribution < 1.29 is 15.3 Å². The van der Waals surface area contributed by atoms with Gasteiger partial charge in [0.15, 0.2) is 0 Å². The summed E-state index contributed by atoms with van der Waals surface area (Å²) in [5, 5.41) is 30.7. The molecule has 0 unspecified atom stereocenters. The quantitative estimate of drug-likeness (QED) is 0.564. The number of hydrogen-bond donors (Lipinski definition) is 4. The molecule has 5 heteroatoms. The van der Waals surface area contributed by atoms with Gasteiger partial charge in [0.1, 0.15) is 5.75 Å². The first-order valence-corrected chi connectivity index (χ1v) is 5.13. The van der Waals surface area contributed by atoms with Crippen LogP contribution in [-0.2, 0) is 6.54 Å². The number of aryl methyl sites for hydroxylation is 1. The molecular weight excluding hydrogens is 208 g/mol. The van der Waals surface area contributed by atoms with E-state index in [1.807, 2.05) is 6.92 Å². The van der Waals surface area contributed by atoms with Crippen molar-refractivity contribution in [1.29, 1.82) is 0 Å². The number of nitrogens with one attached hydrogen (secondary N) is 1. The molecule has 0 aliphatic rings. The zero-order chi connectivity index (χ0) is 12.2. The zero-order valence-electron chi connectivity index (χ0n) is 9.56. The molecule has 1 rings (SSSR count). The number of aromatic nitrogens is 1. The van der Waals surface area contributed by atoms with Crippen molar-refractivity contribution in [2.75, 3.05) is 13.2 Å². The van der Waals surface area contributed by atoms with E-state index in [2.05, 4.69) is 10.3 Å². The van der Waals surface area contributed by atoms with Crippen LogP contribution in [0.15, 0.2) is 12.1 Å². The van der Waals surface area contributed by atoms with Gasteiger partial charge in [0, 0.05) is 12.2 Å². The van der Waals surface area contributed by atoms with Crippen LogP contribution in [0, 0.1) is 6.92 Å². The second-order valence-electron chi connectivity index (χ2n) is 4.15.